The Bertz CT molecular complexity index is 979. The lowest BCUT2D eigenvalue weighted by Gasteiger charge is -2.11. The van der Waals surface area contributed by atoms with Gasteiger partial charge in [0.2, 0.25) is 0 Å². The van der Waals surface area contributed by atoms with Gasteiger partial charge in [0.05, 0.1) is 12.2 Å². The molecule has 0 saturated heterocycles. The minimum Gasteiger partial charge on any atom is -0.462 e. The molecule has 0 heterocycles. The molecule has 0 aromatic heterocycles. The summed E-state index contributed by atoms with van der Waals surface area (Å²) in [5.74, 6) is -0.669. The van der Waals surface area contributed by atoms with E-state index in [1.54, 1.807) is 31.2 Å². The zero-order valence-electron chi connectivity index (χ0n) is 15.6. The van der Waals surface area contributed by atoms with Crippen LogP contribution in [0.1, 0.15) is 28.4 Å². The molecule has 0 aliphatic carbocycles. The van der Waals surface area contributed by atoms with E-state index in [2.05, 4.69) is 5.32 Å². The highest BCUT2D eigenvalue weighted by atomic mass is 16.5. The molecule has 0 spiro atoms. The van der Waals surface area contributed by atoms with Crippen molar-refractivity contribution >= 4 is 29.2 Å². The van der Waals surface area contributed by atoms with Gasteiger partial charge in [-0.25, -0.2) is 4.79 Å². The van der Waals surface area contributed by atoms with Gasteiger partial charge >= 0.3 is 5.97 Å². The molecule has 3 aromatic carbocycles. The monoisotopic (exact) mass is 371 g/mol. The maximum Gasteiger partial charge on any atom is 0.338 e. The number of carbonyl (C=O) groups is 2. The summed E-state index contributed by atoms with van der Waals surface area (Å²) in [6, 6.07) is 25.9. The first-order valence-electron chi connectivity index (χ1n) is 9.08. The molecule has 4 nitrogen and oxygen atoms in total. The number of amides is 1. The summed E-state index contributed by atoms with van der Waals surface area (Å²) < 4.78 is 5.02. The highest BCUT2D eigenvalue weighted by Crippen LogP contribution is 2.21. The van der Waals surface area contributed by atoms with Crippen molar-refractivity contribution in [2.45, 2.75) is 6.92 Å². The van der Waals surface area contributed by atoms with Crippen LogP contribution in [0.4, 0.5) is 5.69 Å². The number of carbonyl (C=O) groups excluding carboxylic acids is 2. The smallest absolute Gasteiger partial charge is 0.338 e. The third kappa shape index (κ3) is 4.95. The lowest BCUT2D eigenvalue weighted by atomic mass is 10.0. The quantitative estimate of drug-likeness (QED) is 0.375. The fraction of sp³-hybridized carbons (Fsp3) is 0.0833. The minimum absolute atomic E-state index is 0.254. The third-order valence-electron chi connectivity index (χ3n) is 4.07. The zero-order valence-corrected chi connectivity index (χ0v) is 15.6. The maximum atomic E-state index is 13.0. The summed E-state index contributed by atoms with van der Waals surface area (Å²) in [7, 11) is 0. The first-order valence-corrected chi connectivity index (χ1v) is 9.08. The van der Waals surface area contributed by atoms with Crippen molar-refractivity contribution in [2.75, 3.05) is 11.9 Å². The van der Waals surface area contributed by atoms with Gasteiger partial charge in [0.1, 0.15) is 0 Å². The highest BCUT2D eigenvalue weighted by molar-refractivity contribution is 6.29. The number of benzene rings is 3. The van der Waals surface area contributed by atoms with Gasteiger partial charge in [-0.05, 0) is 42.3 Å². The average Bonchev–Trinajstić information content (AvgIpc) is 2.73. The van der Waals surface area contributed by atoms with Crippen LogP contribution in [0, 0.1) is 0 Å². The Balaban J connectivity index is 1.90. The van der Waals surface area contributed by atoms with E-state index in [9.17, 15) is 9.59 Å². The summed E-state index contributed by atoms with van der Waals surface area (Å²) in [6.45, 7) is 2.05. The summed E-state index contributed by atoms with van der Waals surface area (Å²) in [5.41, 5.74) is 3.20. The topological polar surface area (TPSA) is 55.4 Å². The van der Waals surface area contributed by atoms with Gasteiger partial charge in [-0.15, -0.1) is 0 Å². The van der Waals surface area contributed by atoms with Crippen molar-refractivity contribution in [2.24, 2.45) is 0 Å². The molecule has 0 unspecified atom stereocenters. The molecular formula is C24H21NO3. The van der Waals surface area contributed by atoms with Crippen LogP contribution >= 0.6 is 0 Å². The Morgan fingerprint density at radius 2 is 1.50 bits per heavy atom. The molecule has 1 amide bonds. The van der Waals surface area contributed by atoms with Gasteiger partial charge in [0, 0.05) is 11.3 Å². The molecule has 1 N–H and O–H groups in total. The molecule has 0 aliphatic heterocycles. The molecule has 0 fully saturated rings. The number of rotatable bonds is 6. The van der Waals surface area contributed by atoms with E-state index in [1.165, 1.54) is 0 Å². The number of hydrogen-bond acceptors (Lipinski definition) is 3. The molecular weight excluding hydrogens is 350 g/mol. The van der Waals surface area contributed by atoms with E-state index in [0.717, 1.165) is 11.1 Å². The second-order valence-electron chi connectivity index (χ2n) is 6.09. The van der Waals surface area contributed by atoms with Gasteiger partial charge < -0.3 is 10.1 Å². The lowest BCUT2D eigenvalue weighted by Crippen LogP contribution is -2.14. The molecule has 0 aliphatic rings. The second-order valence-corrected chi connectivity index (χ2v) is 6.09. The summed E-state index contributed by atoms with van der Waals surface area (Å²) in [6.07, 6.45) is 1.85. The number of hydrogen-bond donors (Lipinski definition) is 1. The van der Waals surface area contributed by atoms with Gasteiger partial charge in [-0.2, -0.15) is 0 Å². The molecule has 0 saturated carbocycles. The molecule has 0 radical (unpaired) electrons. The van der Waals surface area contributed by atoms with Crippen LogP contribution in [0.5, 0.6) is 0 Å². The van der Waals surface area contributed by atoms with Crippen molar-refractivity contribution in [1.82, 2.24) is 0 Å². The van der Waals surface area contributed by atoms with E-state index in [4.69, 9.17) is 4.74 Å². The molecule has 3 aromatic rings. The summed E-state index contributed by atoms with van der Waals surface area (Å²) in [5, 5.41) is 2.88. The normalized spacial score (nSPS) is 11.0. The Morgan fingerprint density at radius 1 is 0.857 bits per heavy atom. The van der Waals surface area contributed by atoms with E-state index >= 15 is 0 Å². The molecule has 4 heteroatoms. The first kappa shape index (κ1) is 19.1. The van der Waals surface area contributed by atoms with E-state index in [-0.39, 0.29) is 5.91 Å². The van der Waals surface area contributed by atoms with Gasteiger partial charge in [0.15, 0.2) is 0 Å². The Hall–Kier alpha value is -3.66. The van der Waals surface area contributed by atoms with Crippen molar-refractivity contribution in [3.63, 3.8) is 0 Å². The second kappa shape index (κ2) is 9.33. The summed E-state index contributed by atoms with van der Waals surface area (Å²) >= 11 is 0. The fourth-order valence-corrected chi connectivity index (χ4v) is 2.75. The van der Waals surface area contributed by atoms with E-state index in [1.807, 2.05) is 66.7 Å². The van der Waals surface area contributed by atoms with Gasteiger partial charge in [-0.3, -0.25) is 4.79 Å². The molecule has 3 rings (SSSR count). The molecule has 0 atom stereocenters. The Kier molecular flexibility index (Phi) is 6.37. The number of ether oxygens (including phenoxy) is 1. The van der Waals surface area contributed by atoms with Crippen molar-refractivity contribution in [3.8, 4) is 0 Å². The minimum atomic E-state index is -0.415. The van der Waals surface area contributed by atoms with Crippen LogP contribution in [0.3, 0.4) is 0 Å². The van der Waals surface area contributed by atoms with E-state index in [0.29, 0.717) is 23.4 Å². The first-order chi connectivity index (χ1) is 13.7. The van der Waals surface area contributed by atoms with Crippen LogP contribution in [-0.2, 0) is 9.53 Å². The number of nitrogens with one attached hydrogen (secondary N) is 1. The van der Waals surface area contributed by atoms with Crippen LogP contribution in [0.15, 0.2) is 84.9 Å². The number of anilines is 1. The predicted octanol–water partition coefficient (Wildman–Crippen LogP) is 5.04. The fourth-order valence-electron chi connectivity index (χ4n) is 2.75. The van der Waals surface area contributed by atoms with Gasteiger partial charge in [0.25, 0.3) is 5.91 Å². The van der Waals surface area contributed by atoms with Crippen LogP contribution < -0.4 is 5.32 Å². The van der Waals surface area contributed by atoms with Crippen LogP contribution in [0.2, 0.25) is 0 Å². The lowest BCUT2D eigenvalue weighted by molar-refractivity contribution is -0.111. The van der Waals surface area contributed by atoms with Gasteiger partial charge in [-0.1, -0.05) is 66.7 Å². The molecule has 140 valence electrons. The largest absolute Gasteiger partial charge is 0.462 e. The van der Waals surface area contributed by atoms with Crippen LogP contribution in [0.25, 0.3) is 11.6 Å². The SMILES string of the molecule is CCOC(=O)c1cccc(NC(=O)/C(=C/c2ccccc2)c2ccccc2)c1. The average molecular weight is 371 g/mol. The standard InChI is InChI=1S/C24H21NO3/c1-2-28-24(27)20-14-9-15-21(17-20)25-23(26)22(19-12-7-4-8-13-19)16-18-10-5-3-6-11-18/h3-17H,2H2,1H3,(H,25,26)/b22-16+. The predicted molar refractivity (Wildman–Crippen MR) is 112 cm³/mol. The van der Waals surface area contributed by atoms with Crippen LogP contribution in [-0.4, -0.2) is 18.5 Å². The summed E-state index contributed by atoms with van der Waals surface area (Å²) in [4.78, 5) is 25.0. The highest BCUT2D eigenvalue weighted by Gasteiger charge is 2.14. The Morgan fingerprint density at radius 3 is 2.18 bits per heavy atom. The molecule has 28 heavy (non-hydrogen) atoms. The third-order valence-corrected chi connectivity index (χ3v) is 4.07. The zero-order chi connectivity index (χ0) is 19.8. The van der Waals surface area contributed by atoms with Crippen molar-refractivity contribution in [3.05, 3.63) is 102 Å². The van der Waals surface area contributed by atoms with Crippen molar-refractivity contribution < 1.29 is 14.3 Å². The number of esters is 1. The molecule has 0 bridgehead atoms. The van der Waals surface area contributed by atoms with Crippen molar-refractivity contribution in [1.29, 1.82) is 0 Å². The Labute approximate surface area is 164 Å². The van der Waals surface area contributed by atoms with E-state index < -0.39 is 5.97 Å². The maximum absolute atomic E-state index is 13.0.